The number of nitrogens with zero attached hydrogens (tertiary/aromatic N) is 2. The van der Waals surface area contributed by atoms with E-state index in [0.717, 1.165) is 13.1 Å². The average molecular weight is 520 g/mol. The summed E-state index contributed by atoms with van der Waals surface area (Å²) in [7, 11) is 0. The van der Waals surface area contributed by atoms with Crippen molar-refractivity contribution in [1.82, 2.24) is 15.1 Å². The third kappa shape index (κ3) is 5.95. The van der Waals surface area contributed by atoms with Gasteiger partial charge in [0.05, 0.1) is 5.56 Å². The van der Waals surface area contributed by atoms with Crippen LogP contribution in [-0.2, 0) is 4.74 Å². The van der Waals surface area contributed by atoms with Gasteiger partial charge in [-0.15, -0.1) is 0 Å². The minimum absolute atomic E-state index is 0.0127. The number of amides is 1. The molecule has 2 aliphatic heterocycles. The molecule has 1 fully saturated rings. The van der Waals surface area contributed by atoms with Crippen molar-refractivity contribution in [2.45, 2.75) is 5.72 Å². The van der Waals surface area contributed by atoms with Crippen molar-refractivity contribution >= 4 is 11.9 Å². The Morgan fingerprint density at radius 2 is 1.61 bits per heavy atom. The van der Waals surface area contributed by atoms with Crippen molar-refractivity contribution in [2.75, 3.05) is 52.5 Å². The van der Waals surface area contributed by atoms with Crippen LogP contribution >= 0.6 is 0 Å². The summed E-state index contributed by atoms with van der Waals surface area (Å²) in [5.74, 6) is 0.115. The number of esters is 1. The van der Waals surface area contributed by atoms with E-state index in [-0.39, 0.29) is 19.1 Å². The third-order valence-electron chi connectivity index (χ3n) is 6.79. The van der Waals surface area contributed by atoms with Gasteiger partial charge in [0, 0.05) is 44.8 Å². The molecule has 8 nitrogen and oxygen atoms in total. The molecule has 0 aromatic heterocycles. The predicted molar refractivity (Wildman–Crippen MR) is 139 cm³/mol. The standard InChI is InChI=1S/C29H30FN3O5/c30-24-10-6-9-23(19-24)27(34)31-13-14-32-15-17-33(18-16-32)29(20-36-25-11-4-5-12-26(25)38-29)21-37-28(35)22-7-2-1-3-8-22/h1-12,19H,13-18,20-21H2,(H,31,34). The molecule has 1 N–H and O–H groups in total. The van der Waals surface area contributed by atoms with Gasteiger partial charge in [0.15, 0.2) is 11.5 Å². The fourth-order valence-electron chi connectivity index (χ4n) is 4.67. The van der Waals surface area contributed by atoms with E-state index in [4.69, 9.17) is 14.2 Å². The topological polar surface area (TPSA) is 80.3 Å². The van der Waals surface area contributed by atoms with Crippen molar-refractivity contribution in [1.29, 1.82) is 0 Å². The normalized spacial score (nSPS) is 19.5. The molecule has 198 valence electrons. The maximum absolute atomic E-state index is 13.4. The zero-order chi connectivity index (χ0) is 26.4. The highest BCUT2D eigenvalue weighted by Gasteiger charge is 2.46. The molecule has 1 amide bonds. The molecule has 2 heterocycles. The SMILES string of the molecule is O=C(NCCN1CCN(C2(COC(=O)c3ccccc3)COc3ccccc3O2)CC1)c1cccc(F)c1. The van der Waals surface area contributed by atoms with Gasteiger partial charge in [-0.05, 0) is 42.5 Å². The molecule has 9 heteroatoms. The number of benzene rings is 3. The van der Waals surface area contributed by atoms with Crippen molar-refractivity contribution in [2.24, 2.45) is 0 Å². The Balaban J connectivity index is 1.19. The van der Waals surface area contributed by atoms with Gasteiger partial charge < -0.3 is 19.5 Å². The maximum atomic E-state index is 13.4. The molecule has 1 saturated heterocycles. The van der Waals surface area contributed by atoms with E-state index < -0.39 is 17.5 Å². The van der Waals surface area contributed by atoms with Crippen LogP contribution in [0.5, 0.6) is 11.5 Å². The van der Waals surface area contributed by atoms with Gasteiger partial charge in [0.1, 0.15) is 19.0 Å². The lowest BCUT2D eigenvalue weighted by molar-refractivity contribution is -0.164. The molecule has 3 aromatic rings. The summed E-state index contributed by atoms with van der Waals surface area (Å²) in [4.78, 5) is 29.4. The molecule has 0 radical (unpaired) electrons. The summed E-state index contributed by atoms with van der Waals surface area (Å²) >= 11 is 0. The van der Waals surface area contributed by atoms with E-state index in [0.29, 0.717) is 48.8 Å². The van der Waals surface area contributed by atoms with Gasteiger partial charge in [-0.2, -0.15) is 0 Å². The largest absolute Gasteiger partial charge is 0.484 e. The number of carbonyl (C=O) groups excluding carboxylic acids is 2. The maximum Gasteiger partial charge on any atom is 0.338 e. The predicted octanol–water partition coefficient (Wildman–Crippen LogP) is 3.20. The molecule has 1 atom stereocenters. The number of piperazine rings is 1. The van der Waals surface area contributed by atoms with Crippen LogP contribution in [0.2, 0.25) is 0 Å². The second kappa shape index (κ2) is 11.6. The number of fused-ring (bicyclic) bond motifs is 1. The molecule has 5 rings (SSSR count). The van der Waals surface area contributed by atoms with Gasteiger partial charge in [0.2, 0.25) is 5.72 Å². The van der Waals surface area contributed by atoms with E-state index in [9.17, 15) is 14.0 Å². The molecular weight excluding hydrogens is 489 g/mol. The Bertz CT molecular complexity index is 1270. The minimum atomic E-state index is -0.962. The summed E-state index contributed by atoms with van der Waals surface area (Å²) < 4.78 is 31.6. The van der Waals surface area contributed by atoms with Crippen molar-refractivity contribution < 1.29 is 28.2 Å². The lowest BCUT2D eigenvalue weighted by atomic mass is 10.1. The highest BCUT2D eigenvalue weighted by Crippen LogP contribution is 2.37. The Kier molecular flexibility index (Phi) is 7.86. The molecule has 0 saturated carbocycles. The summed E-state index contributed by atoms with van der Waals surface area (Å²) in [5, 5.41) is 2.85. The minimum Gasteiger partial charge on any atom is -0.484 e. The molecular formula is C29H30FN3O5. The molecule has 38 heavy (non-hydrogen) atoms. The number of para-hydroxylation sites is 2. The summed E-state index contributed by atoms with van der Waals surface area (Å²) in [5.41, 5.74) is -0.183. The lowest BCUT2D eigenvalue weighted by Crippen LogP contribution is -2.66. The summed E-state index contributed by atoms with van der Waals surface area (Å²) in [6, 6.07) is 22.0. The number of hydrogen-bond donors (Lipinski definition) is 1. The van der Waals surface area contributed by atoms with Crippen LogP contribution in [0.25, 0.3) is 0 Å². The number of rotatable bonds is 8. The van der Waals surface area contributed by atoms with Crippen LogP contribution in [0.1, 0.15) is 20.7 Å². The lowest BCUT2D eigenvalue weighted by Gasteiger charge is -2.48. The number of halogens is 1. The molecule has 3 aromatic carbocycles. The average Bonchev–Trinajstić information content (AvgIpc) is 2.96. The van der Waals surface area contributed by atoms with Crippen LogP contribution in [-0.4, -0.2) is 79.9 Å². The zero-order valence-electron chi connectivity index (χ0n) is 21.0. The second-order valence-electron chi connectivity index (χ2n) is 9.32. The van der Waals surface area contributed by atoms with Crippen molar-refractivity contribution in [3.8, 4) is 11.5 Å². The van der Waals surface area contributed by atoms with Crippen LogP contribution in [0.4, 0.5) is 4.39 Å². The van der Waals surface area contributed by atoms with Gasteiger partial charge >= 0.3 is 5.97 Å². The van der Waals surface area contributed by atoms with Gasteiger partial charge in [-0.25, -0.2) is 9.18 Å². The number of carbonyl (C=O) groups is 2. The zero-order valence-corrected chi connectivity index (χ0v) is 21.0. The quantitative estimate of drug-likeness (QED) is 0.458. The first kappa shape index (κ1) is 25.7. The number of nitrogens with one attached hydrogen (secondary N) is 1. The van der Waals surface area contributed by atoms with E-state index in [1.54, 1.807) is 30.3 Å². The van der Waals surface area contributed by atoms with Crippen LogP contribution in [0.3, 0.4) is 0 Å². The number of ether oxygens (including phenoxy) is 3. The Hall–Kier alpha value is -3.95. The van der Waals surface area contributed by atoms with E-state index >= 15 is 0 Å². The highest BCUT2D eigenvalue weighted by atomic mass is 19.1. The van der Waals surface area contributed by atoms with Crippen LogP contribution in [0, 0.1) is 5.82 Å². The van der Waals surface area contributed by atoms with Crippen molar-refractivity contribution in [3.63, 3.8) is 0 Å². The van der Waals surface area contributed by atoms with Crippen LogP contribution in [0.15, 0.2) is 78.9 Å². The first-order valence-electron chi connectivity index (χ1n) is 12.7. The molecule has 0 aliphatic carbocycles. The van der Waals surface area contributed by atoms with E-state index in [1.165, 1.54) is 18.2 Å². The molecule has 0 spiro atoms. The van der Waals surface area contributed by atoms with Crippen molar-refractivity contribution in [3.05, 3.63) is 95.8 Å². The smallest absolute Gasteiger partial charge is 0.338 e. The monoisotopic (exact) mass is 519 g/mol. The van der Waals surface area contributed by atoms with Gasteiger partial charge in [-0.3, -0.25) is 14.6 Å². The van der Waals surface area contributed by atoms with E-state index in [2.05, 4.69) is 15.1 Å². The molecule has 0 bridgehead atoms. The van der Waals surface area contributed by atoms with Gasteiger partial charge in [0.25, 0.3) is 5.91 Å². The second-order valence-corrected chi connectivity index (χ2v) is 9.32. The highest BCUT2D eigenvalue weighted by molar-refractivity contribution is 5.94. The first-order valence-corrected chi connectivity index (χ1v) is 12.7. The summed E-state index contributed by atoms with van der Waals surface area (Å²) in [6.07, 6.45) is 0. The van der Waals surface area contributed by atoms with Gasteiger partial charge in [-0.1, -0.05) is 36.4 Å². The van der Waals surface area contributed by atoms with Crippen LogP contribution < -0.4 is 14.8 Å². The Labute approximate surface area is 220 Å². The molecule has 1 unspecified atom stereocenters. The fourth-order valence-corrected chi connectivity index (χ4v) is 4.67. The fraction of sp³-hybridized carbons (Fsp3) is 0.310. The van der Waals surface area contributed by atoms with E-state index in [1.807, 2.05) is 30.3 Å². The summed E-state index contributed by atoms with van der Waals surface area (Å²) in [6.45, 7) is 4.12. The Morgan fingerprint density at radius 1 is 0.895 bits per heavy atom. The number of hydrogen-bond acceptors (Lipinski definition) is 7. The third-order valence-corrected chi connectivity index (χ3v) is 6.79. The Morgan fingerprint density at radius 3 is 2.37 bits per heavy atom. The first-order chi connectivity index (χ1) is 18.5. The molecule has 2 aliphatic rings.